The minimum absolute atomic E-state index is 0.106. The van der Waals surface area contributed by atoms with Crippen LogP contribution in [0, 0.1) is 5.82 Å². The first kappa shape index (κ1) is 11.7. The average Bonchev–Trinajstić information content (AvgIpc) is 2.26. The number of hydrogen-bond donors (Lipinski definition) is 1. The number of aliphatic hydroxyl groups excluding tert-OH is 1. The summed E-state index contributed by atoms with van der Waals surface area (Å²) in [6.45, 7) is 1.66. The van der Waals surface area contributed by atoms with Crippen molar-refractivity contribution in [3.8, 4) is 5.75 Å². The van der Waals surface area contributed by atoms with Gasteiger partial charge >= 0.3 is 0 Å². The lowest BCUT2D eigenvalue weighted by molar-refractivity contribution is 0.0736. The third-order valence-corrected chi connectivity index (χ3v) is 2.13. The van der Waals surface area contributed by atoms with Crippen LogP contribution in [0.1, 0.15) is 23.7 Å². The van der Waals surface area contributed by atoms with Gasteiger partial charge in [0.25, 0.3) is 0 Å². The summed E-state index contributed by atoms with van der Waals surface area (Å²) in [6, 6.07) is 3.92. The Morgan fingerprint density at radius 2 is 2.27 bits per heavy atom. The molecule has 0 aliphatic rings. The van der Waals surface area contributed by atoms with Crippen LogP contribution < -0.4 is 4.74 Å². The Morgan fingerprint density at radius 1 is 1.60 bits per heavy atom. The molecule has 0 spiro atoms. The van der Waals surface area contributed by atoms with Crippen LogP contribution in [0.5, 0.6) is 5.75 Å². The van der Waals surface area contributed by atoms with E-state index in [-0.39, 0.29) is 12.0 Å². The number of carbonyl (C=O) groups excluding carboxylic acids is 1. The van der Waals surface area contributed by atoms with Gasteiger partial charge in [-0.2, -0.15) is 0 Å². The molecule has 1 unspecified atom stereocenters. The second kappa shape index (κ2) is 4.89. The number of Topliss-reactive ketones (excluding diaryl/α,β-unsaturated/α-hetero) is 1. The van der Waals surface area contributed by atoms with Gasteiger partial charge in [-0.3, -0.25) is 4.79 Å². The molecular weight excluding hydrogens is 199 g/mol. The SMILES string of the molecule is CCC(O)C(=O)c1ccc(OC)cc1F. The monoisotopic (exact) mass is 212 g/mol. The lowest BCUT2D eigenvalue weighted by Gasteiger charge is -2.08. The molecule has 1 N–H and O–H groups in total. The number of rotatable bonds is 4. The molecular formula is C11H13FO3. The highest BCUT2D eigenvalue weighted by molar-refractivity contribution is 5.99. The molecule has 0 radical (unpaired) electrons. The maximum Gasteiger partial charge on any atom is 0.194 e. The van der Waals surface area contributed by atoms with Crippen LogP contribution in [0.3, 0.4) is 0 Å². The summed E-state index contributed by atoms with van der Waals surface area (Å²) in [6.07, 6.45) is -0.877. The van der Waals surface area contributed by atoms with E-state index in [1.165, 1.54) is 19.2 Å². The highest BCUT2D eigenvalue weighted by Crippen LogP contribution is 2.18. The van der Waals surface area contributed by atoms with Crippen LogP contribution in [0.25, 0.3) is 0 Å². The topological polar surface area (TPSA) is 46.5 Å². The van der Waals surface area contributed by atoms with E-state index in [0.29, 0.717) is 5.75 Å². The van der Waals surface area contributed by atoms with Gasteiger partial charge in [-0.05, 0) is 18.6 Å². The van der Waals surface area contributed by atoms with Crippen LogP contribution in [-0.2, 0) is 0 Å². The summed E-state index contributed by atoms with van der Waals surface area (Å²) in [5.74, 6) is -0.931. The lowest BCUT2D eigenvalue weighted by atomic mass is 10.0. The van der Waals surface area contributed by atoms with Gasteiger partial charge in [0.2, 0.25) is 0 Å². The number of aliphatic hydroxyl groups is 1. The van der Waals surface area contributed by atoms with E-state index in [1.807, 2.05) is 0 Å². The van der Waals surface area contributed by atoms with Crippen molar-refractivity contribution in [1.82, 2.24) is 0 Å². The first-order valence-corrected chi connectivity index (χ1v) is 4.66. The fraction of sp³-hybridized carbons (Fsp3) is 0.364. The predicted octanol–water partition coefficient (Wildman–Crippen LogP) is 1.79. The number of ketones is 1. The maximum atomic E-state index is 13.4. The minimum atomic E-state index is -1.15. The van der Waals surface area contributed by atoms with Crippen LogP contribution in [0.2, 0.25) is 0 Å². The fourth-order valence-electron chi connectivity index (χ4n) is 1.19. The lowest BCUT2D eigenvalue weighted by Crippen LogP contribution is -2.20. The zero-order valence-electron chi connectivity index (χ0n) is 8.66. The van der Waals surface area contributed by atoms with Crippen molar-refractivity contribution < 1.29 is 19.0 Å². The molecule has 0 bridgehead atoms. The predicted molar refractivity (Wildman–Crippen MR) is 53.6 cm³/mol. The molecule has 1 rings (SSSR count). The Balaban J connectivity index is 3.00. The van der Waals surface area contributed by atoms with E-state index in [0.717, 1.165) is 6.07 Å². The molecule has 0 amide bonds. The van der Waals surface area contributed by atoms with Crippen molar-refractivity contribution in [2.24, 2.45) is 0 Å². The molecule has 0 saturated carbocycles. The number of ether oxygens (including phenoxy) is 1. The van der Waals surface area contributed by atoms with Crippen molar-refractivity contribution in [2.75, 3.05) is 7.11 Å². The molecule has 1 atom stereocenters. The minimum Gasteiger partial charge on any atom is -0.497 e. The highest BCUT2D eigenvalue weighted by Gasteiger charge is 2.18. The van der Waals surface area contributed by atoms with Crippen LogP contribution in [0.15, 0.2) is 18.2 Å². The summed E-state index contributed by atoms with van der Waals surface area (Å²) in [5.41, 5.74) is -0.106. The first-order valence-electron chi connectivity index (χ1n) is 4.66. The Hall–Kier alpha value is -1.42. The van der Waals surface area contributed by atoms with E-state index >= 15 is 0 Å². The van der Waals surface area contributed by atoms with Gasteiger partial charge in [0, 0.05) is 6.07 Å². The third kappa shape index (κ3) is 2.53. The molecule has 4 heteroatoms. The summed E-state index contributed by atoms with van der Waals surface area (Å²) in [5, 5.41) is 9.28. The number of halogens is 1. The second-order valence-electron chi connectivity index (χ2n) is 3.13. The molecule has 82 valence electrons. The molecule has 3 nitrogen and oxygen atoms in total. The quantitative estimate of drug-likeness (QED) is 0.774. The molecule has 0 aliphatic carbocycles. The largest absolute Gasteiger partial charge is 0.497 e. The Kier molecular flexibility index (Phi) is 3.80. The van der Waals surface area contributed by atoms with E-state index in [9.17, 15) is 14.3 Å². The number of benzene rings is 1. The van der Waals surface area contributed by atoms with Gasteiger partial charge in [0.15, 0.2) is 5.78 Å². The second-order valence-corrected chi connectivity index (χ2v) is 3.13. The van der Waals surface area contributed by atoms with E-state index in [1.54, 1.807) is 6.92 Å². The van der Waals surface area contributed by atoms with E-state index in [4.69, 9.17) is 4.74 Å². The standard InChI is InChI=1S/C11H13FO3/c1-3-10(13)11(14)8-5-4-7(15-2)6-9(8)12/h4-6,10,13H,3H2,1-2H3. The van der Waals surface area contributed by atoms with Gasteiger partial charge in [-0.1, -0.05) is 6.92 Å². The average molecular weight is 212 g/mol. The Morgan fingerprint density at radius 3 is 2.73 bits per heavy atom. The Labute approximate surface area is 87.5 Å². The van der Waals surface area contributed by atoms with Crippen molar-refractivity contribution in [2.45, 2.75) is 19.4 Å². The van der Waals surface area contributed by atoms with Crippen LogP contribution in [-0.4, -0.2) is 24.1 Å². The molecule has 0 aliphatic heterocycles. The molecule has 15 heavy (non-hydrogen) atoms. The molecule has 1 aromatic rings. The van der Waals surface area contributed by atoms with Gasteiger partial charge in [-0.15, -0.1) is 0 Å². The Bertz CT molecular complexity index is 363. The van der Waals surface area contributed by atoms with Crippen molar-refractivity contribution in [3.05, 3.63) is 29.6 Å². The summed E-state index contributed by atoms with van der Waals surface area (Å²) >= 11 is 0. The first-order chi connectivity index (χ1) is 7.10. The molecule has 0 saturated heterocycles. The molecule has 1 aromatic carbocycles. The maximum absolute atomic E-state index is 13.4. The van der Waals surface area contributed by atoms with Gasteiger partial charge in [0.05, 0.1) is 12.7 Å². The summed E-state index contributed by atoms with van der Waals surface area (Å²) in [4.78, 5) is 11.5. The summed E-state index contributed by atoms with van der Waals surface area (Å²) < 4.78 is 18.2. The van der Waals surface area contributed by atoms with Crippen molar-refractivity contribution >= 4 is 5.78 Å². The fourth-order valence-corrected chi connectivity index (χ4v) is 1.19. The number of carbonyl (C=O) groups is 1. The van der Waals surface area contributed by atoms with E-state index < -0.39 is 17.7 Å². The van der Waals surface area contributed by atoms with Gasteiger partial charge in [0.1, 0.15) is 17.7 Å². The smallest absolute Gasteiger partial charge is 0.194 e. The zero-order chi connectivity index (χ0) is 11.4. The molecule has 0 aromatic heterocycles. The summed E-state index contributed by atoms with van der Waals surface area (Å²) in [7, 11) is 1.41. The number of hydrogen-bond acceptors (Lipinski definition) is 3. The highest BCUT2D eigenvalue weighted by atomic mass is 19.1. The number of methoxy groups -OCH3 is 1. The van der Waals surface area contributed by atoms with Gasteiger partial charge in [-0.25, -0.2) is 4.39 Å². The third-order valence-electron chi connectivity index (χ3n) is 2.13. The molecule has 0 fully saturated rings. The van der Waals surface area contributed by atoms with Crippen LogP contribution in [0.4, 0.5) is 4.39 Å². The zero-order valence-corrected chi connectivity index (χ0v) is 8.66. The van der Waals surface area contributed by atoms with E-state index in [2.05, 4.69) is 0 Å². The van der Waals surface area contributed by atoms with Crippen LogP contribution >= 0.6 is 0 Å². The normalized spacial score (nSPS) is 12.3. The van der Waals surface area contributed by atoms with Crippen molar-refractivity contribution in [3.63, 3.8) is 0 Å². The molecule has 0 heterocycles. The van der Waals surface area contributed by atoms with Gasteiger partial charge < -0.3 is 9.84 Å². The van der Waals surface area contributed by atoms with Crippen molar-refractivity contribution in [1.29, 1.82) is 0 Å².